The number of nitrogens with one attached hydrogen (secondary N) is 2. The van der Waals surface area contributed by atoms with Gasteiger partial charge in [0.25, 0.3) is 0 Å². The monoisotopic (exact) mass is 341 g/mol. The molecule has 0 saturated heterocycles. The number of halogens is 1. The topological polar surface area (TPSA) is 83.4 Å². The second-order valence-corrected chi connectivity index (χ2v) is 5.43. The summed E-state index contributed by atoms with van der Waals surface area (Å²) in [5.74, 6) is 0.826. The number of carbonyl (C=O) groups is 1. The highest BCUT2D eigenvalue weighted by Gasteiger charge is 2.12. The minimum atomic E-state index is -0.522. The number of rotatable bonds is 4. The molecule has 1 heterocycles. The van der Waals surface area contributed by atoms with E-state index in [9.17, 15) is 9.18 Å². The lowest BCUT2D eigenvalue weighted by molar-refractivity contribution is 0.171. The SMILES string of the molecule is N#Cc1ccc(CNC(=O)NCc2ccc3c(c2)OCCO3)c(F)c1. The van der Waals surface area contributed by atoms with Gasteiger partial charge < -0.3 is 20.1 Å². The van der Waals surface area contributed by atoms with Crippen molar-refractivity contribution in [2.24, 2.45) is 0 Å². The van der Waals surface area contributed by atoms with Crippen LogP contribution in [0.4, 0.5) is 9.18 Å². The molecule has 0 bridgehead atoms. The van der Waals surface area contributed by atoms with Crippen LogP contribution in [0.15, 0.2) is 36.4 Å². The number of nitriles is 1. The molecular weight excluding hydrogens is 325 g/mol. The van der Waals surface area contributed by atoms with E-state index in [-0.39, 0.29) is 12.1 Å². The second kappa shape index (κ2) is 7.53. The zero-order valence-electron chi connectivity index (χ0n) is 13.3. The maximum atomic E-state index is 13.8. The molecule has 25 heavy (non-hydrogen) atoms. The van der Waals surface area contributed by atoms with Crippen molar-refractivity contribution in [3.8, 4) is 17.6 Å². The van der Waals surface area contributed by atoms with Crippen molar-refractivity contribution < 1.29 is 18.7 Å². The molecule has 7 heteroatoms. The Labute approximate surface area is 144 Å². The summed E-state index contributed by atoms with van der Waals surface area (Å²) < 4.78 is 24.7. The molecule has 0 saturated carbocycles. The third-order valence-corrected chi connectivity index (χ3v) is 3.68. The molecule has 2 aromatic carbocycles. The first-order valence-corrected chi connectivity index (χ1v) is 7.74. The maximum Gasteiger partial charge on any atom is 0.315 e. The van der Waals surface area contributed by atoms with E-state index in [1.54, 1.807) is 6.07 Å². The molecule has 0 unspecified atom stereocenters. The van der Waals surface area contributed by atoms with Gasteiger partial charge in [0.2, 0.25) is 0 Å². The van der Waals surface area contributed by atoms with Crippen molar-refractivity contribution >= 4 is 6.03 Å². The first-order valence-electron chi connectivity index (χ1n) is 7.74. The van der Waals surface area contributed by atoms with Crippen molar-refractivity contribution in [1.82, 2.24) is 10.6 Å². The van der Waals surface area contributed by atoms with Gasteiger partial charge in [-0.15, -0.1) is 0 Å². The lowest BCUT2D eigenvalue weighted by Crippen LogP contribution is -2.34. The van der Waals surface area contributed by atoms with Crippen molar-refractivity contribution in [1.29, 1.82) is 5.26 Å². The first kappa shape index (κ1) is 16.6. The number of fused-ring (bicyclic) bond motifs is 1. The fraction of sp³-hybridized carbons (Fsp3) is 0.222. The van der Waals surface area contributed by atoms with Gasteiger partial charge in [0.1, 0.15) is 19.0 Å². The number of carbonyl (C=O) groups excluding carboxylic acids is 1. The highest BCUT2D eigenvalue weighted by Crippen LogP contribution is 2.30. The molecule has 0 spiro atoms. The van der Waals surface area contributed by atoms with E-state index in [2.05, 4.69) is 10.6 Å². The number of ether oxygens (including phenoxy) is 2. The lowest BCUT2D eigenvalue weighted by atomic mass is 10.1. The van der Waals surface area contributed by atoms with Gasteiger partial charge in [-0.25, -0.2) is 9.18 Å². The molecule has 0 aromatic heterocycles. The molecule has 128 valence electrons. The normalized spacial score (nSPS) is 12.2. The second-order valence-electron chi connectivity index (χ2n) is 5.43. The van der Waals surface area contributed by atoms with Gasteiger partial charge in [-0.3, -0.25) is 0 Å². The van der Waals surface area contributed by atoms with Crippen LogP contribution in [-0.4, -0.2) is 19.2 Å². The third kappa shape index (κ3) is 4.18. The molecule has 2 N–H and O–H groups in total. The number of benzene rings is 2. The summed E-state index contributed by atoms with van der Waals surface area (Å²) in [5, 5.41) is 14.0. The zero-order chi connectivity index (χ0) is 17.6. The average molecular weight is 341 g/mol. The van der Waals surface area contributed by atoms with E-state index in [1.807, 2.05) is 18.2 Å². The quantitative estimate of drug-likeness (QED) is 0.895. The predicted octanol–water partition coefficient (Wildman–Crippen LogP) is 2.47. The van der Waals surface area contributed by atoms with Gasteiger partial charge in [0.05, 0.1) is 11.6 Å². The van der Waals surface area contributed by atoms with Gasteiger partial charge in [-0.2, -0.15) is 5.26 Å². The van der Waals surface area contributed by atoms with Gasteiger partial charge in [0, 0.05) is 18.7 Å². The average Bonchev–Trinajstić information content (AvgIpc) is 2.65. The van der Waals surface area contributed by atoms with Crippen molar-refractivity contribution in [2.45, 2.75) is 13.1 Å². The Bertz CT molecular complexity index is 833. The molecule has 0 radical (unpaired) electrons. The van der Waals surface area contributed by atoms with Crippen LogP contribution < -0.4 is 20.1 Å². The summed E-state index contributed by atoms with van der Waals surface area (Å²) in [5.41, 5.74) is 1.42. The summed E-state index contributed by atoms with van der Waals surface area (Å²) in [6, 6.07) is 11.0. The van der Waals surface area contributed by atoms with E-state index in [4.69, 9.17) is 14.7 Å². The molecule has 0 fully saturated rings. The number of hydrogen-bond donors (Lipinski definition) is 2. The Balaban J connectivity index is 1.51. The molecule has 6 nitrogen and oxygen atoms in total. The Hall–Kier alpha value is -3.27. The van der Waals surface area contributed by atoms with Crippen LogP contribution >= 0.6 is 0 Å². The Morgan fingerprint density at radius 2 is 1.84 bits per heavy atom. The predicted molar refractivity (Wildman–Crippen MR) is 87.6 cm³/mol. The third-order valence-electron chi connectivity index (χ3n) is 3.68. The summed E-state index contributed by atoms with van der Waals surface area (Å²) in [4.78, 5) is 11.9. The van der Waals surface area contributed by atoms with Crippen LogP contribution in [0.3, 0.4) is 0 Å². The molecule has 2 amide bonds. The summed E-state index contributed by atoms with van der Waals surface area (Å²) in [6.45, 7) is 1.36. The molecule has 2 aromatic rings. The van der Waals surface area contributed by atoms with Crippen LogP contribution in [0, 0.1) is 17.1 Å². The zero-order valence-corrected chi connectivity index (χ0v) is 13.3. The fourth-order valence-corrected chi connectivity index (χ4v) is 2.38. The standard InChI is InChI=1S/C18H16FN3O3/c19-15-7-12(9-20)1-3-14(15)11-22-18(23)21-10-13-2-4-16-17(8-13)25-6-5-24-16/h1-4,7-8H,5-6,10-11H2,(H2,21,22,23). The van der Waals surface area contributed by atoms with Crippen LogP contribution in [-0.2, 0) is 13.1 Å². The number of nitrogens with zero attached hydrogens (tertiary/aromatic N) is 1. The molecule has 1 aliphatic heterocycles. The van der Waals surface area contributed by atoms with Gasteiger partial charge in [-0.05, 0) is 29.8 Å². The lowest BCUT2D eigenvalue weighted by Gasteiger charge is -2.19. The van der Waals surface area contributed by atoms with E-state index >= 15 is 0 Å². The molecule has 0 atom stereocenters. The highest BCUT2D eigenvalue weighted by atomic mass is 19.1. The Morgan fingerprint density at radius 1 is 1.08 bits per heavy atom. The van der Waals surface area contributed by atoms with Crippen molar-refractivity contribution in [3.05, 3.63) is 58.9 Å². The van der Waals surface area contributed by atoms with Crippen LogP contribution in [0.25, 0.3) is 0 Å². The minimum absolute atomic E-state index is 0.0323. The Kier molecular flexibility index (Phi) is 5.00. The number of urea groups is 1. The smallest absolute Gasteiger partial charge is 0.315 e. The number of amides is 2. The Morgan fingerprint density at radius 3 is 2.60 bits per heavy atom. The summed E-state index contributed by atoms with van der Waals surface area (Å²) in [7, 11) is 0. The van der Waals surface area contributed by atoms with E-state index in [1.165, 1.54) is 12.1 Å². The molecule has 1 aliphatic rings. The van der Waals surface area contributed by atoms with E-state index < -0.39 is 11.8 Å². The molecular formula is C18H16FN3O3. The van der Waals surface area contributed by atoms with Crippen molar-refractivity contribution in [3.63, 3.8) is 0 Å². The largest absolute Gasteiger partial charge is 0.486 e. The van der Waals surface area contributed by atoms with Crippen molar-refractivity contribution in [2.75, 3.05) is 13.2 Å². The first-order chi connectivity index (χ1) is 12.2. The molecule has 0 aliphatic carbocycles. The van der Waals surface area contributed by atoms with Gasteiger partial charge in [-0.1, -0.05) is 12.1 Å². The van der Waals surface area contributed by atoms with E-state index in [0.717, 1.165) is 11.6 Å². The van der Waals surface area contributed by atoms with E-state index in [0.29, 0.717) is 36.8 Å². The fourth-order valence-electron chi connectivity index (χ4n) is 2.38. The summed E-state index contributed by atoms with van der Waals surface area (Å²) >= 11 is 0. The van der Waals surface area contributed by atoms with Gasteiger partial charge >= 0.3 is 6.03 Å². The number of hydrogen-bond acceptors (Lipinski definition) is 4. The summed E-state index contributed by atoms with van der Waals surface area (Å²) in [6.07, 6.45) is 0. The highest BCUT2D eigenvalue weighted by molar-refractivity contribution is 5.73. The van der Waals surface area contributed by atoms with Crippen LogP contribution in [0.1, 0.15) is 16.7 Å². The molecule has 3 rings (SSSR count). The van der Waals surface area contributed by atoms with Crippen LogP contribution in [0.2, 0.25) is 0 Å². The van der Waals surface area contributed by atoms with Gasteiger partial charge in [0.15, 0.2) is 11.5 Å². The van der Waals surface area contributed by atoms with Crippen LogP contribution in [0.5, 0.6) is 11.5 Å². The maximum absolute atomic E-state index is 13.8. The minimum Gasteiger partial charge on any atom is -0.486 e.